The van der Waals surface area contributed by atoms with Crippen LogP contribution in [0.2, 0.25) is 0 Å². The van der Waals surface area contributed by atoms with Gasteiger partial charge in [0.15, 0.2) is 0 Å². The molecule has 0 aromatic heterocycles. The summed E-state index contributed by atoms with van der Waals surface area (Å²) in [6, 6.07) is 17.7. The zero-order valence-electron chi connectivity index (χ0n) is 11.5. The quantitative estimate of drug-likeness (QED) is 0.575. The van der Waals surface area contributed by atoms with E-state index in [1.807, 2.05) is 74.6 Å². The molecule has 0 aliphatic heterocycles. The van der Waals surface area contributed by atoms with Crippen LogP contribution in [0, 0.1) is 3.57 Å². The average molecular weight is 377 g/mol. The first-order valence-corrected chi connectivity index (χ1v) is 7.43. The van der Waals surface area contributed by atoms with Crippen molar-refractivity contribution in [2.45, 2.75) is 6.92 Å². The standard InChI is InChI=1S/C17H16INO/c1-13(12-14-8-4-3-5-9-14)17(20)19(2)16-11-7-6-10-15(16)18/h3-12H,1-2H3/b13-12+. The molecular formula is C17H16INO. The Morgan fingerprint density at radius 2 is 1.65 bits per heavy atom. The van der Waals surface area contributed by atoms with Gasteiger partial charge in [0.1, 0.15) is 0 Å². The first-order valence-electron chi connectivity index (χ1n) is 6.35. The van der Waals surface area contributed by atoms with Gasteiger partial charge >= 0.3 is 0 Å². The van der Waals surface area contributed by atoms with Crippen molar-refractivity contribution in [2.24, 2.45) is 0 Å². The van der Waals surface area contributed by atoms with Crippen molar-refractivity contribution in [3.8, 4) is 0 Å². The summed E-state index contributed by atoms with van der Waals surface area (Å²) in [5.74, 6) is 0.0120. The first-order chi connectivity index (χ1) is 9.59. The number of halogens is 1. The molecule has 0 radical (unpaired) electrons. The molecule has 0 heterocycles. The molecule has 2 aromatic rings. The number of hydrogen-bond donors (Lipinski definition) is 0. The zero-order chi connectivity index (χ0) is 14.5. The number of para-hydroxylation sites is 1. The van der Waals surface area contributed by atoms with Gasteiger partial charge in [-0.2, -0.15) is 0 Å². The number of hydrogen-bond acceptors (Lipinski definition) is 1. The van der Waals surface area contributed by atoms with E-state index in [4.69, 9.17) is 0 Å². The second kappa shape index (κ2) is 6.70. The predicted octanol–water partition coefficient (Wildman–Crippen LogP) is 4.36. The highest BCUT2D eigenvalue weighted by Crippen LogP contribution is 2.22. The molecule has 2 nitrogen and oxygen atoms in total. The third kappa shape index (κ3) is 3.48. The Morgan fingerprint density at radius 3 is 2.30 bits per heavy atom. The van der Waals surface area contributed by atoms with E-state index in [1.54, 1.807) is 4.90 Å². The number of carbonyl (C=O) groups excluding carboxylic acids is 1. The summed E-state index contributed by atoms with van der Waals surface area (Å²) in [5, 5.41) is 0. The Kier molecular flexibility index (Phi) is 4.95. The molecule has 0 unspecified atom stereocenters. The van der Waals surface area contributed by atoms with Crippen LogP contribution in [0.5, 0.6) is 0 Å². The van der Waals surface area contributed by atoms with Crippen molar-refractivity contribution in [3.63, 3.8) is 0 Å². The molecule has 0 aliphatic carbocycles. The SMILES string of the molecule is C/C(=C\c1ccccc1)C(=O)N(C)c1ccccc1I. The van der Waals surface area contributed by atoms with E-state index in [0.717, 1.165) is 20.4 Å². The second-order valence-electron chi connectivity index (χ2n) is 4.55. The van der Waals surface area contributed by atoms with Gasteiger partial charge in [0.25, 0.3) is 5.91 Å². The highest BCUT2D eigenvalue weighted by Gasteiger charge is 2.14. The minimum Gasteiger partial charge on any atom is -0.311 e. The molecule has 0 atom stereocenters. The van der Waals surface area contributed by atoms with Crippen molar-refractivity contribution in [3.05, 3.63) is 69.3 Å². The smallest absolute Gasteiger partial charge is 0.253 e. The van der Waals surface area contributed by atoms with Crippen LogP contribution in [-0.2, 0) is 4.79 Å². The number of likely N-dealkylation sites (N-methyl/N-ethyl adjacent to an activating group) is 1. The Morgan fingerprint density at radius 1 is 1.05 bits per heavy atom. The summed E-state index contributed by atoms with van der Waals surface area (Å²) in [7, 11) is 1.81. The molecule has 0 saturated heterocycles. The molecule has 0 bridgehead atoms. The lowest BCUT2D eigenvalue weighted by Crippen LogP contribution is -2.27. The van der Waals surface area contributed by atoms with Crippen molar-refractivity contribution < 1.29 is 4.79 Å². The summed E-state index contributed by atoms with van der Waals surface area (Å²) in [6.45, 7) is 1.85. The molecule has 1 amide bonds. The average Bonchev–Trinajstić information content (AvgIpc) is 2.47. The lowest BCUT2D eigenvalue weighted by Gasteiger charge is -2.19. The van der Waals surface area contributed by atoms with Crippen molar-refractivity contribution in [2.75, 3.05) is 11.9 Å². The van der Waals surface area contributed by atoms with E-state index in [9.17, 15) is 4.79 Å². The predicted molar refractivity (Wildman–Crippen MR) is 92.7 cm³/mol. The van der Waals surface area contributed by atoms with Gasteiger partial charge in [-0.25, -0.2) is 0 Å². The summed E-state index contributed by atoms with van der Waals surface area (Å²) in [6.07, 6.45) is 1.91. The number of anilines is 1. The molecule has 0 spiro atoms. The first kappa shape index (κ1) is 14.8. The summed E-state index contributed by atoms with van der Waals surface area (Å²) >= 11 is 2.24. The van der Waals surface area contributed by atoms with Crippen LogP contribution in [0.25, 0.3) is 6.08 Å². The molecule has 2 aromatic carbocycles. The summed E-state index contributed by atoms with van der Waals surface area (Å²) in [5.41, 5.74) is 2.69. The Hall–Kier alpha value is -1.62. The zero-order valence-corrected chi connectivity index (χ0v) is 13.7. The van der Waals surface area contributed by atoms with Gasteiger partial charge in [0.05, 0.1) is 5.69 Å². The summed E-state index contributed by atoms with van der Waals surface area (Å²) in [4.78, 5) is 14.1. The van der Waals surface area contributed by atoms with Gasteiger partial charge in [-0.15, -0.1) is 0 Å². The van der Waals surface area contributed by atoms with Crippen LogP contribution in [-0.4, -0.2) is 13.0 Å². The summed E-state index contributed by atoms with van der Waals surface area (Å²) < 4.78 is 1.06. The normalized spacial score (nSPS) is 11.2. The Balaban J connectivity index is 2.23. The van der Waals surface area contributed by atoms with Gasteiger partial charge in [-0.3, -0.25) is 4.79 Å². The number of carbonyl (C=O) groups is 1. The molecule has 102 valence electrons. The van der Waals surface area contributed by atoms with E-state index in [-0.39, 0.29) is 5.91 Å². The molecule has 0 saturated carbocycles. The van der Waals surface area contributed by atoms with E-state index in [1.165, 1.54) is 0 Å². The molecule has 0 aliphatic rings. The van der Waals surface area contributed by atoms with Crippen LogP contribution in [0.3, 0.4) is 0 Å². The number of nitrogens with zero attached hydrogens (tertiary/aromatic N) is 1. The fraction of sp³-hybridized carbons (Fsp3) is 0.118. The fourth-order valence-electron chi connectivity index (χ4n) is 1.96. The van der Waals surface area contributed by atoms with Crippen molar-refractivity contribution in [1.82, 2.24) is 0 Å². The maximum absolute atomic E-state index is 12.5. The maximum Gasteiger partial charge on any atom is 0.253 e. The van der Waals surface area contributed by atoms with Crippen LogP contribution < -0.4 is 4.90 Å². The van der Waals surface area contributed by atoms with Crippen LogP contribution >= 0.6 is 22.6 Å². The minimum atomic E-state index is 0.0120. The van der Waals surface area contributed by atoms with Gasteiger partial charge < -0.3 is 4.90 Å². The number of benzene rings is 2. The van der Waals surface area contributed by atoms with Gasteiger partial charge in [-0.05, 0) is 53.3 Å². The topological polar surface area (TPSA) is 20.3 Å². The highest BCUT2D eigenvalue weighted by molar-refractivity contribution is 14.1. The highest BCUT2D eigenvalue weighted by atomic mass is 127. The Labute approximate surface area is 133 Å². The molecule has 0 fully saturated rings. The number of rotatable bonds is 3. The molecule has 2 rings (SSSR count). The van der Waals surface area contributed by atoms with E-state index in [0.29, 0.717) is 0 Å². The van der Waals surface area contributed by atoms with Gasteiger partial charge in [0, 0.05) is 16.2 Å². The van der Waals surface area contributed by atoms with Gasteiger partial charge in [0.2, 0.25) is 0 Å². The second-order valence-corrected chi connectivity index (χ2v) is 5.72. The minimum absolute atomic E-state index is 0.0120. The third-order valence-electron chi connectivity index (χ3n) is 3.04. The maximum atomic E-state index is 12.5. The van der Waals surface area contributed by atoms with Gasteiger partial charge in [-0.1, -0.05) is 42.5 Å². The van der Waals surface area contributed by atoms with Crippen LogP contribution in [0.15, 0.2) is 60.2 Å². The monoisotopic (exact) mass is 377 g/mol. The van der Waals surface area contributed by atoms with E-state index in [2.05, 4.69) is 22.6 Å². The molecule has 20 heavy (non-hydrogen) atoms. The number of amides is 1. The van der Waals surface area contributed by atoms with Crippen molar-refractivity contribution in [1.29, 1.82) is 0 Å². The molecule has 0 N–H and O–H groups in total. The third-order valence-corrected chi connectivity index (χ3v) is 3.95. The van der Waals surface area contributed by atoms with E-state index < -0.39 is 0 Å². The lowest BCUT2D eigenvalue weighted by atomic mass is 10.1. The molecular weight excluding hydrogens is 361 g/mol. The van der Waals surface area contributed by atoms with Crippen LogP contribution in [0.4, 0.5) is 5.69 Å². The van der Waals surface area contributed by atoms with Crippen molar-refractivity contribution >= 4 is 40.3 Å². The van der Waals surface area contributed by atoms with E-state index >= 15 is 0 Å². The fourth-order valence-corrected chi connectivity index (χ4v) is 2.71. The van der Waals surface area contributed by atoms with Crippen LogP contribution in [0.1, 0.15) is 12.5 Å². The Bertz CT molecular complexity index is 634. The molecule has 3 heteroatoms. The largest absolute Gasteiger partial charge is 0.311 e. The lowest BCUT2D eigenvalue weighted by molar-refractivity contribution is -0.114.